The van der Waals surface area contributed by atoms with Crippen LogP contribution in [0.1, 0.15) is 31.0 Å². The van der Waals surface area contributed by atoms with Crippen LogP contribution in [0.25, 0.3) is 5.65 Å². The van der Waals surface area contributed by atoms with Gasteiger partial charge in [0.25, 0.3) is 0 Å². The van der Waals surface area contributed by atoms with Crippen LogP contribution in [-0.4, -0.2) is 34.8 Å². The number of nitrogens with zero attached hydrogens (tertiary/aromatic N) is 3. The second-order valence-corrected chi connectivity index (χ2v) is 8.82. The number of halogens is 3. The van der Waals surface area contributed by atoms with Crippen LogP contribution in [0.2, 0.25) is 10.0 Å². The van der Waals surface area contributed by atoms with Gasteiger partial charge in [-0.05, 0) is 53.5 Å². The van der Waals surface area contributed by atoms with Gasteiger partial charge < -0.3 is 9.64 Å². The van der Waals surface area contributed by atoms with E-state index in [1.54, 1.807) is 24.1 Å². The zero-order valence-corrected chi connectivity index (χ0v) is 21.0. The third-order valence-electron chi connectivity index (χ3n) is 4.80. The SMILES string of the molecule is CCCC(=O)NC(=O)CN(C)c1ccc(Cl)c(COc2cccn3c(Br)c(C)nc23)c1Cl. The smallest absolute Gasteiger partial charge is 0.246 e. The highest BCUT2D eigenvalue weighted by Gasteiger charge is 2.18. The van der Waals surface area contributed by atoms with Crippen LogP contribution < -0.4 is 15.0 Å². The van der Waals surface area contributed by atoms with Gasteiger partial charge in [-0.3, -0.25) is 19.3 Å². The molecule has 3 rings (SSSR count). The highest BCUT2D eigenvalue weighted by molar-refractivity contribution is 9.10. The molecular formula is C22H23BrCl2N4O3. The first-order chi connectivity index (χ1) is 15.2. The van der Waals surface area contributed by atoms with Crippen molar-refractivity contribution in [3.05, 3.63) is 56.4 Å². The summed E-state index contributed by atoms with van der Waals surface area (Å²) >= 11 is 16.5. The van der Waals surface area contributed by atoms with E-state index in [1.807, 2.05) is 36.6 Å². The lowest BCUT2D eigenvalue weighted by molar-refractivity contribution is -0.129. The monoisotopic (exact) mass is 540 g/mol. The Balaban J connectivity index is 1.78. The number of likely N-dealkylation sites (N-methyl/N-ethyl adjacent to an activating group) is 1. The number of imidazole rings is 1. The summed E-state index contributed by atoms with van der Waals surface area (Å²) in [6, 6.07) is 7.11. The summed E-state index contributed by atoms with van der Waals surface area (Å²) in [5, 5.41) is 3.19. The summed E-state index contributed by atoms with van der Waals surface area (Å²) in [6.07, 6.45) is 2.86. The zero-order valence-electron chi connectivity index (χ0n) is 17.9. The maximum atomic E-state index is 12.2. The molecule has 0 saturated carbocycles. The molecule has 0 atom stereocenters. The summed E-state index contributed by atoms with van der Waals surface area (Å²) < 4.78 is 8.76. The van der Waals surface area contributed by atoms with E-state index in [-0.39, 0.29) is 19.1 Å². The summed E-state index contributed by atoms with van der Waals surface area (Å²) in [5.74, 6) is -0.111. The van der Waals surface area contributed by atoms with Crippen molar-refractivity contribution in [3.63, 3.8) is 0 Å². The molecule has 170 valence electrons. The van der Waals surface area contributed by atoms with E-state index in [9.17, 15) is 9.59 Å². The van der Waals surface area contributed by atoms with Crippen molar-refractivity contribution in [2.45, 2.75) is 33.3 Å². The number of fused-ring (bicyclic) bond motifs is 1. The van der Waals surface area contributed by atoms with E-state index in [0.29, 0.717) is 45.5 Å². The van der Waals surface area contributed by atoms with Gasteiger partial charge in [0, 0.05) is 30.3 Å². The number of aromatic nitrogens is 2. The molecule has 32 heavy (non-hydrogen) atoms. The molecule has 2 amide bonds. The molecule has 0 saturated heterocycles. The van der Waals surface area contributed by atoms with Crippen LogP contribution >= 0.6 is 39.1 Å². The molecule has 0 unspecified atom stereocenters. The highest BCUT2D eigenvalue weighted by Crippen LogP contribution is 2.35. The number of rotatable bonds is 8. The second kappa shape index (κ2) is 10.6. The lowest BCUT2D eigenvalue weighted by Crippen LogP contribution is -2.38. The first kappa shape index (κ1) is 24.4. The maximum absolute atomic E-state index is 12.2. The number of amides is 2. The number of carbonyl (C=O) groups excluding carboxylic acids is 2. The lowest BCUT2D eigenvalue weighted by atomic mass is 10.2. The Morgan fingerprint density at radius 3 is 2.72 bits per heavy atom. The van der Waals surface area contributed by atoms with E-state index in [1.165, 1.54) is 0 Å². The average molecular weight is 542 g/mol. The predicted octanol–water partition coefficient (Wildman–Crippen LogP) is 5.17. The van der Waals surface area contributed by atoms with Gasteiger partial charge in [-0.25, -0.2) is 4.98 Å². The summed E-state index contributed by atoms with van der Waals surface area (Å²) in [4.78, 5) is 30.0. The van der Waals surface area contributed by atoms with Crippen LogP contribution in [0.15, 0.2) is 35.1 Å². The van der Waals surface area contributed by atoms with E-state index < -0.39 is 5.91 Å². The topological polar surface area (TPSA) is 75.9 Å². The molecule has 2 heterocycles. The van der Waals surface area contributed by atoms with Crippen molar-refractivity contribution in [1.29, 1.82) is 0 Å². The molecule has 7 nitrogen and oxygen atoms in total. The van der Waals surface area contributed by atoms with Gasteiger partial charge in [-0.2, -0.15) is 0 Å². The van der Waals surface area contributed by atoms with Crippen molar-refractivity contribution in [2.75, 3.05) is 18.5 Å². The maximum Gasteiger partial charge on any atom is 0.246 e. The number of nitrogens with one attached hydrogen (secondary N) is 1. The fraction of sp³-hybridized carbons (Fsp3) is 0.318. The number of ether oxygens (including phenoxy) is 1. The minimum absolute atomic E-state index is 0.0300. The Bertz CT molecular complexity index is 1170. The number of benzene rings is 1. The van der Waals surface area contributed by atoms with Crippen LogP contribution in [-0.2, 0) is 16.2 Å². The molecule has 1 aromatic carbocycles. The van der Waals surface area contributed by atoms with Crippen molar-refractivity contribution >= 4 is 62.3 Å². The van der Waals surface area contributed by atoms with Crippen molar-refractivity contribution < 1.29 is 14.3 Å². The number of hydrogen-bond acceptors (Lipinski definition) is 5. The quantitative estimate of drug-likeness (QED) is 0.425. The summed E-state index contributed by atoms with van der Waals surface area (Å²) in [5.41, 5.74) is 2.71. The highest BCUT2D eigenvalue weighted by atomic mass is 79.9. The van der Waals surface area contributed by atoms with Gasteiger partial charge in [0.2, 0.25) is 11.8 Å². The standard InChI is InChI=1S/C22H23BrCl2N4O3/c1-4-6-18(30)27-19(31)11-28(3)16-9-8-15(24)14(20(16)25)12-32-17-7-5-10-29-21(23)13(2)26-22(17)29/h5,7-10H,4,6,11-12H2,1-3H3,(H,27,30,31). The van der Waals surface area contributed by atoms with Gasteiger partial charge >= 0.3 is 0 Å². The molecule has 3 aromatic rings. The Hall–Kier alpha value is -2.29. The predicted molar refractivity (Wildman–Crippen MR) is 130 cm³/mol. The molecule has 0 spiro atoms. The van der Waals surface area contributed by atoms with Crippen LogP contribution in [0, 0.1) is 6.92 Å². The average Bonchev–Trinajstić information content (AvgIpc) is 3.02. The number of hydrogen-bond donors (Lipinski definition) is 1. The fourth-order valence-electron chi connectivity index (χ4n) is 3.19. The van der Waals surface area contributed by atoms with Crippen LogP contribution in [0.5, 0.6) is 5.75 Å². The Morgan fingerprint density at radius 1 is 1.25 bits per heavy atom. The first-order valence-electron chi connectivity index (χ1n) is 9.99. The van der Waals surface area contributed by atoms with E-state index in [4.69, 9.17) is 27.9 Å². The number of carbonyl (C=O) groups is 2. The molecule has 0 aliphatic rings. The van der Waals surface area contributed by atoms with Crippen LogP contribution in [0.3, 0.4) is 0 Å². The normalized spacial score (nSPS) is 10.9. The van der Waals surface area contributed by atoms with Gasteiger partial charge in [0.15, 0.2) is 11.4 Å². The first-order valence-corrected chi connectivity index (χ1v) is 11.5. The number of aryl methyl sites for hydroxylation is 1. The Kier molecular flexibility index (Phi) is 8.03. The molecule has 0 radical (unpaired) electrons. The molecule has 0 bridgehead atoms. The third kappa shape index (κ3) is 5.36. The molecule has 1 N–H and O–H groups in total. The van der Waals surface area contributed by atoms with E-state index in [2.05, 4.69) is 26.2 Å². The lowest BCUT2D eigenvalue weighted by Gasteiger charge is -2.22. The Labute approximate surface area is 204 Å². The van der Waals surface area contributed by atoms with Crippen molar-refractivity contribution in [3.8, 4) is 5.75 Å². The van der Waals surface area contributed by atoms with Gasteiger partial charge in [-0.1, -0.05) is 30.1 Å². The number of anilines is 1. The molecule has 10 heteroatoms. The largest absolute Gasteiger partial charge is 0.485 e. The molecule has 0 fully saturated rings. The summed E-state index contributed by atoms with van der Waals surface area (Å²) in [7, 11) is 1.72. The van der Waals surface area contributed by atoms with Gasteiger partial charge in [0.05, 0.1) is 22.9 Å². The third-order valence-corrected chi connectivity index (χ3v) is 6.53. The minimum Gasteiger partial charge on any atom is -0.485 e. The zero-order chi connectivity index (χ0) is 23.4. The molecular weight excluding hydrogens is 519 g/mol. The van der Waals surface area contributed by atoms with Crippen molar-refractivity contribution in [2.24, 2.45) is 0 Å². The number of imide groups is 1. The van der Waals surface area contributed by atoms with Gasteiger partial charge in [-0.15, -0.1) is 0 Å². The minimum atomic E-state index is -0.401. The van der Waals surface area contributed by atoms with Gasteiger partial charge in [0.1, 0.15) is 11.2 Å². The van der Waals surface area contributed by atoms with Crippen molar-refractivity contribution in [1.82, 2.24) is 14.7 Å². The molecule has 0 aliphatic heterocycles. The fourth-order valence-corrected chi connectivity index (χ4v) is 4.19. The number of pyridine rings is 1. The van der Waals surface area contributed by atoms with Crippen LogP contribution in [0.4, 0.5) is 5.69 Å². The molecule has 0 aliphatic carbocycles. The van der Waals surface area contributed by atoms with E-state index >= 15 is 0 Å². The second-order valence-electron chi connectivity index (χ2n) is 7.28. The van der Waals surface area contributed by atoms with E-state index in [0.717, 1.165) is 10.3 Å². The molecule has 2 aromatic heterocycles. The summed E-state index contributed by atoms with van der Waals surface area (Å²) in [6.45, 7) is 3.86. The Morgan fingerprint density at radius 2 is 2.00 bits per heavy atom.